The lowest BCUT2D eigenvalue weighted by Gasteiger charge is -2.34. The van der Waals surface area contributed by atoms with Gasteiger partial charge >= 0.3 is 0 Å². The van der Waals surface area contributed by atoms with Crippen molar-refractivity contribution in [1.29, 1.82) is 0 Å². The second kappa shape index (κ2) is 6.88. The fourth-order valence-electron chi connectivity index (χ4n) is 2.68. The van der Waals surface area contributed by atoms with E-state index in [1.807, 2.05) is 0 Å². The minimum atomic E-state index is -3.37. The van der Waals surface area contributed by atoms with Crippen molar-refractivity contribution < 1.29 is 13.2 Å². The van der Waals surface area contributed by atoms with E-state index in [4.69, 9.17) is 0 Å². The molecule has 0 radical (unpaired) electrons. The molecule has 0 unspecified atom stereocenters. The smallest absolute Gasteiger partial charge is 0.251 e. The SMILES string of the molecule is Cc1ccc(C(=O)NCC2(C)CCNCC2)cc1NS(C)(=O)=O. The van der Waals surface area contributed by atoms with Crippen LogP contribution in [0.3, 0.4) is 0 Å². The molecule has 23 heavy (non-hydrogen) atoms. The van der Waals surface area contributed by atoms with Gasteiger partial charge < -0.3 is 10.6 Å². The van der Waals surface area contributed by atoms with Crippen LogP contribution in [0.1, 0.15) is 35.7 Å². The van der Waals surface area contributed by atoms with Crippen molar-refractivity contribution in [2.24, 2.45) is 5.41 Å². The third-order valence-corrected chi connectivity index (χ3v) is 4.87. The summed E-state index contributed by atoms with van der Waals surface area (Å²) in [6.07, 6.45) is 3.15. The van der Waals surface area contributed by atoms with E-state index in [9.17, 15) is 13.2 Å². The first-order valence-corrected chi connectivity index (χ1v) is 9.65. The molecular weight excluding hydrogens is 314 g/mol. The van der Waals surface area contributed by atoms with E-state index in [2.05, 4.69) is 22.3 Å². The lowest BCUT2D eigenvalue weighted by Crippen LogP contribution is -2.42. The number of aryl methyl sites for hydroxylation is 1. The predicted octanol–water partition coefficient (Wildman–Crippen LogP) is 1.49. The molecule has 2 rings (SSSR count). The molecule has 3 N–H and O–H groups in total. The topological polar surface area (TPSA) is 87.3 Å². The van der Waals surface area contributed by atoms with Crippen molar-refractivity contribution in [3.8, 4) is 0 Å². The molecule has 1 heterocycles. The molecule has 1 amide bonds. The number of sulfonamides is 1. The zero-order valence-corrected chi connectivity index (χ0v) is 14.7. The number of nitrogens with one attached hydrogen (secondary N) is 3. The highest BCUT2D eigenvalue weighted by Gasteiger charge is 2.27. The summed E-state index contributed by atoms with van der Waals surface area (Å²) in [6.45, 7) is 6.54. The Labute approximate surface area is 138 Å². The summed E-state index contributed by atoms with van der Waals surface area (Å²) in [5.41, 5.74) is 1.78. The number of piperidine rings is 1. The molecule has 0 spiro atoms. The van der Waals surface area contributed by atoms with Gasteiger partial charge in [-0.15, -0.1) is 0 Å². The monoisotopic (exact) mass is 339 g/mol. The second-order valence-electron chi connectivity index (χ2n) is 6.65. The third kappa shape index (κ3) is 5.21. The van der Waals surface area contributed by atoms with E-state index in [1.165, 1.54) is 0 Å². The van der Waals surface area contributed by atoms with Gasteiger partial charge in [-0.3, -0.25) is 9.52 Å². The maximum Gasteiger partial charge on any atom is 0.251 e. The molecule has 6 nitrogen and oxygen atoms in total. The Morgan fingerprint density at radius 2 is 1.96 bits per heavy atom. The fourth-order valence-corrected chi connectivity index (χ4v) is 3.30. The molecule has 7 heteroatoms. The molecule has 128 valence electrons. The number of hydrogen-bond acceptors (Lipinski definition) is 4. The largest absolute Gasteiger partial charge is 0.351 e. The zero-order valence-electron chi connectivity index (χ0n) is 13.9. The molecule has 1 saturated heterocycles. The fraction of sp³-hybridized carbons (Fsp3) is 0.562. The minimum absolute atomic E-state index is 0.111. The van der Waals surface area contributed by atoms with Crippen LogP contribution in [0, 0.1) is 12.3 Å². The Kier molecular flexibility index (Phi) is 5.31. The van der Waals surface area contributed by atoms with E-state index in [0.717, 1.165) is 37.8 Å². The van der Waals surface area contributed by atoms with Gasteiger partial charge in [0.15, 0.2) is 0 Å². The highest BCUT2D eigenvalue weighted by Crippen LogP contribution is 2.27. The summed E-state index contributed by atoms with van der Waals surface area (Å²) in [4.78, 5) is 12.4. The Balaban J connectivity index is 2.06. The van der Waals surface area contributed by atoms with Gasteiger partial charge in [-0.2, -0.15) is 0 Å². The van der Waals surface area contributed by atoms with Gasteiger partial charge in [-0.1, -0.05) is 13.0 Å². The van der Waals surface area contributed by atoms with Gasteiger partial charge in [0.25, 0.3) is 5.91 Å². The van der Waals surface area contributed by atoms with Crippen LogP contribution in [0.5, 0.6) is 0 Å². The van der Waals surface area contributed by atoms with Gasteiger partial charge in [0, 0.05) is 12.1 Å². The predicted molar refractivity (Wildman–Crippen MR) is 92.2 cm³/mol. The minimum Gasteiger partial charge on any atom is -0.351 e. The van der Waals surface area contributed by atoms with Gasteiger partial charge in [-0.25, -0.2) is 8.42 Å². The first-order valence-electron chi connectivity index (χ1n) is 7.76. The lowest BCUT2D eigenvalue weighted by atomic mass is 9.81. The molecule has 1 aromatic carbocycles. The van der Waals surface area contributed by atoms with E-state index < -0.39 is 10.0 Å². The summed E-state index contributed by atoms with van der Waals surface area (Å²) in [7, 11) is -3.37. The van der Waals surface area contributed by atoms with Crippen molar-refractivity contribution >= 4 is 21.6 Å². The molecule has 1 aromatic rings. The molecule has 1 aliphatic heterocycles. The van der Waals surface area contributed by atoms with Crippen LogP contribution in [0.15, 0.2) is 18.2 Å². The Bertz CT molecular complexity index is 680. The van der Waals surface area contributed by atoms with Gasteiger partial charge in [0.05, 0.1) is 11.9 Å². The highest BCUT2D eigenvalue weighted by molar-refractivity contribution is 7.92. The summed E-state index contributed by atoms with van der Waals surface area (Å²) in [6, 6.07) is 5.04. The van der Waals surface area contributed by atoms with Crippen LogP contribution in [0.4, 0.5) is 5.69 Å². The quantitative estimate of drug-likeness (QED) is 0.758. The summed E-state index contributed by atoms with van der Waals surface area (Å²) in [5.74, 6) is -0.179. The molecule has 0 aromatic heterocycles. The Hall–Kier alpha value is -1.60. The summed E-state index contributed by atoms with van der Waals surface area (Å²) in [5, 5.41) is 6.29. The number of carbonyl (C=O) groups excluding carboxylic acids is 1. The molecule has 0 aliphatic carbocycles. The first kappa shape index (κ1) is 17.7. The number of anilines is 1. The van der Waals surface area contributed by atoms with Crippen LogP contribution in [-0.4, -0.2) is 40.2 Å². The average molecular weight is 339 g/mol. The molecule has 1 fully saturated rings. The maximum atomic E-state index is 12.4. The van der Waals surface area contributed by atoms with Gasteiger partial charge in [0.2, 0.25) is 10.0 Å². The van der Waals surface area contributed by atoms with Crippen LogP contribution in [-0.2, 0) is 10.0 Å². The number of carbonyl (C=O) groups is 1. The van der Waals surface area contributed by atoms with E-state index in [1.54, 1.807) is 25.1 Å². The molecule has 0 saturated carbocycles. The van der Waals surface area contributed by atoms with Gasteiger partial charge in [0.1, 0.15) is 0 Å². The van der Waals surface area contributed by atoms with Crippen molar-refractivity contribution in [3.63, 3.8) is 0 Å². The van der Waals surface area contributed by atoms with E-state index in [0.29, 0.717) is 17.8 Å². The van der Waals surface area contributed by atoms with Crippen molar-refractivity contribution in [3.05, 3.63) is 29.3 Å². The molecule has 0 bridgehead atoms. The average Bonchev–Trinajstić information content (AvgIpc) is 2.46. The molecule has 0 atom stereocenters. The van der Waals surface area contributed by atoms with Crippen LogP contribution in [0.2, 0.25) is 0 Å². The Morgan fingerprint density at radius 3 is 2.57 bits per heavy atom. The Morgan fingerprint density at radius 1 is 1.30 bits per heavy atom. The standard InChI is InChI=1S/C16H25N3O3S/c1-12-4-5-13(10-14(12)19-23(3,21)22)15(20)18-11-16(2)6-8-17-9-7-16/h4-5,10,17,19H,6-9,11H2,1-3H3,(H,18,20). The van der Waals surface area contributed by atoms with E-state index in [-0.39, 0.29) is 11.3 Å². The highest BCUT2D eigenvalue weighted by atomic mass is 32.2. The lowest BCUT2D eigenvalue weighted by molar-refractivity contribution is 0.0922. The van der Waals surface area contributed by atoms with Crippen molar-refractivity contribution in [1.82, 2.24) is 10.6 Å². The zero-order chi connectivity index (χ0) is 17.1. The van der Waals surface area contributed by atoms with Gasteiger partial charge in [-0.05, 0) is 56.0 Å². The number of hydrogen-bond donors (Lipinski definition) is 3. The van der Waals surface area contributed by atoms with Crippen LogP contribution < -0.4 is 15.4 Å². The maximum absolute atomic E-state index is 12.4. The third-order valence-electron chi connectivity index (χ3n) is 4.28. The summed E-state index contributed by atoms with van der Waals surface area (Å²) >= 11 is 0. The van der Waals surface area contributed by atoms with Crippen molar-refractivity contribution in [2.45, 2.75) is 26.7 Å². The molecular formula is C16H25N3O3S. The van der Waals surface area contributed by atoms with Crippen LogP contribution in [0.25, 0.3) is 0 Å². The number of amides is 1. The molecule has 1 aliphatic rings. The van der Waals surface area contributed by atoms with Crippen LogP contribution >= 0.6 is 0 Å². The summed E-state index contributed by atoms with van der Waals surface area (Å²) < 4.78 is 25.2. The number of benzene rings is 1. The normalized spacial score (nSPS) is 17.5. The number of rotatable bonds is 5. The first-order chi connectivity index (χ1) is 10.7. The second-order valence-corrected chi connectivity index (χ2v) is 8.40. The van der Waals surface area contributed by atoms with E-state index >= 15 is 0 Å². The van der Waals surface area contributed by atoms with Crippen molar-refractivity contribution in [2.75, 3.05) is 30.6 Å².